The number of rotatable bonds is 8. The first-order valence-corrected chi connectivity index (χ1v) is 6.46. The van der Waals surface area contributed by atoms with E-state index in [0.29, 0.717) is 17.3 Å². The van der Waals surface area contributed by atoms with Crippen LogP contribution in [0, 0.1) is 0 Å². The predicted molar refractivity (Wildman–Crippen MR) is 73.1 cm³/mol. The van der Waals surface area contributed by atoms with Crippen LogP contribution in [-0.2, 0) is 4.79 Å². The molecule has 0 bridgehead atoms. The molecule has 0 aliphatic rings. The van der Waals surface area contributed by atoms with Crippen LogP contribution in [0.2, 0.25) is 5.02 Å². The van der Waals surface area contributed by atoms with E-state index >= 15 is 0 Å². The molecule has 1 aromatic rings. The summed E-state index contributed by atoms with van der Waals surface area (Å²) < 4.78 is 5.31. The van der Waals surface area contributed by atoms with Gasteiger partial charge in [-0.1, -0.05) is 24.6 Å². The number of hydrogen-bond acceptors (Lipinski definition) is 3. The van der Waals surface area contributed by atoms with E-state index in [1.165, 1.54) is 0 Å². The summed E-state index contributed by atoms with van der Waals surface area (Å²) in [6, 6.07) is 6.98. The monoisotopic (exact) mass is 270 g/mol. The molecule has 0 radical (unpaired) electrons. The summed E-state index contributed by atoms with van der Waals surface area (Å²) in [4.78, 5) is 11.4. The molecule has 0 saturated heterocycles. The molecule has 2 N–H and O–H groups in total. The summed E-state index contributed by atoms with van der Waals surface area (Å²) >= 11 is 5.80. The number of carbonyl (C=O) groups is 1. The molecule has 18 heavy (non-hydrogen) atoms. The zero-order valence-corrected chi connectivity index (χ0v) is 11.3. The standard InChI is InChI=1S/C13H19ClN2O2/c1-2-6-15-7-8-16-13(17)10-18-12-5-3-4-11(14)9-12/h3-5,9,15H,2,6-8,10H2,1H3,(H,16,17). The van der Waals surface area contributed by atoms with Gasteiger partial charge in [-0.05, 0) is 31.2 Å². The molecule has 0 unspecified atom stereocenters. The van der Waals surface area contributed by atoms with Crippen LogP contribution >= 0.6 is 11.6 Å². The summed E-state index contributed by atoms with van der Waals surface area (Å²) in [7, 11) is 0. The molecule has 0 heterocycles. The zero-order chi connectivity index (χ0) is 13.2. The highest BCUT2D eigenvalue weighted by Gasteiger charge is 2.02. The van der Waals surface area contributed by atoms with E-state index in [9.17, 15) is 4.79 Å². The maximum Gasteiger partial charge on any atom is 0.257 e. The van der Waals surface area contributed by atoms with E-state index in [0.717, 1.165) is 19.5 Å². The Morgan fingerprint density at radius 3 is 2.89 bits per heavy atom. The first-order valence-electron chi connectivity index (χ1n) is 6.08. The Morgan fingerprint density at radius 2 is 2.17 bits per heavy atom. The molecule has 0 atom stereocenters. The molecule has 0 spiro atoms. The minimum Gasteiger partial charge on any atom is -0.484 e. The first-order chi connectivity index (χ1) is 8.72. The predicted octanol–water partition coefficient (Wildman–Crippen LogP) is 1.83. The quantitative estimate of drug-likeness (QED) is 0.709. The van der Waals surface area contributed by atoms with Crippen LogP contribution < -0.4 is 15.4 Å². The van der Waals surface area contributed by atoms with Crippen LogP contribution in [0.25, 0.3) is 0 Å². The van der Waals surface area contributed by atoms with Crippen molar-refractivity contribution in [2.24, 2.45) is 0 Å². The minimum absolute atomic E-state index is 0.00806. The van der Waals surface area contributed by atoms with Crippen LogP contribution in [0.4, 0.5) is 0 Å². The Bertz CT molecular complexity index is 372. The fourth-order valence-corrected chi connectivity index (χ4v) is 1.53. The van der Waals surface area contributed by atoms with Crippen molar-refractivity contribution in [1.82, 2.24) is 10.6 Å². The molecule has 1 rings (SSSR count). The average molecular weight is 271 g/mol. The largest absolute Gasteiger partial charge is 0.484 e. The van der Waals surface area contributed by atoms with E-state index in [4.69, 9.17) is 16.3 Å². The van der Waals surface area contributed by atoms with Crippen molar-refractivity contribution in [2.75, 3.05) is 26.2 Å². The van der Waals surface area contributed by atoms with Gasteiger partial charge in [0.2, 0.25) is 0 Å². The molecular formula is C13H19ClN2O2. The number of halogens is 1. The van der Waals surface area contributed by atoms with Crippen LogP contribution in [0.3, 0.4) is 0 Å². The normalized spacial score (nSPS) is 10.1. The van der Waals surface area contributed by atoms with Gasteiger partial charge in [0.1, 0.15) is 5.75 Å². The second-order valence-electron chi connectivity index (χ2n) is 3.85. The number of ether oxygens (including phenoxy) is 1. The van der Waals surface area contributed by atoms with Crippen molar-refractivity contribution in [3.05, 3.63) is 29.3 Å². The lowest BCUT2D eigenvalue weighted by Crippen LogP contribution is -2.34. The Kier molecular flexibility index (Phi) is 7.22. The topological polar surface area (TPSA) is 50.4 Å². The highest BCUT2D eigenvalue weighted by Crippen LogP contribution is 2.16. The van der Waals surface area contributed by atoms with Crippen LogP contribution in [0.15, 0.2) is 24.3 Å². The molecule has 0 aliphatic carbocycles. The fourth-order valence-electron chi connectivity index (χ4n) is 1.35. The van der Waals surface area contributed by atoms with Gasteiger partial charge in [-0.3, -0.25) is 4.79 Å². The molecule has 1 aromatic carbocycles. The SMILES string of the molecule is CCCNCCNC(=O)COc1cccc(Cl)c1. The maximum atomic E-state index is 11.4. The molecule has 5 heteroatoms. The Balaban J connectivity index is 2.13. The summed E-state index contributed by atoms with van der Waals surface area (Å²) in [5.74, 6) is 0.468. The molecule has 0 aromatic heterocycles. The van der Waals surface area contributed by atoms with Crippen molar-refractivity contribution in [1.29, 1.82) is 0 Å². The summed E-state index contributed by atoms with van der Waals surface area (Å²) in [6.07, 6.45) is 1.09. The molecule has 0 saturated carbocycles. The minimum atomic E-state index is -0.131. The van der Waals surface area contributed by atoms with E-state index < -0.39 is 0 Å². The molecule has 1 amide bonds. The number of benzene rings is 1. The van der Waals surface area contributed by atoms with E-state index in [-0.39, 0.29) is 12.5 Å². The number of carbonyl (C=O) groups excluding carboxylic acids is 1. The molecule has 0 aliphatic heterocycles. The lowest BCUT2D eigenvalue weighted by molar-refractivity contribution is -0.123. The third-order valence-electron chi connectivity index (χ3n) is 2.22. The lowest BCUT2D eigenvalue weighted by Gasteiger charge is -2.08. The van der Waals surface area contributed by atoms with Crippen molar-refractivity contribution in [3.63, 3.8) is 0 Å². The fraction of sp³-hybridized carbons (Fsp3) is 0.462. The smallest absolute Gasteiger partial charge is 0.257 e. The van der Waals surface area contributed by atoms with Gasteiger partial charge < -0.3 is 15.4 Å². The van der Waals surface area contributed by atoms with Crippen LogP contribution in [0.5, 0.6) is 5.75 Å². The molecule has 100 valence electrons. The summed E-state index contributed by atoms with van der Waals surface area (Å²) in [5, 5.41) is 6.56. The Hall–Kier alpha value is -1.26. The number of amides is 1. The summed E-state index contributed by atoms with van der Waals surface area (Å²) in [6.45, 7) is 4.46. The molecule has 0 fully saturated rings. The van der Waals surface area contributed by atoms with Gasteiger partial charge in [0.25, 0.3) is 5.91 Å². The van der Waals surface area contributed by atoms with E-state index in [1.54, 1.807) is 24.3 Å². The highest BCUT2D eigenvalue weighted by atomic mass is 35.5. The van der Waals surface area contributed by atoms with Gasteiger partial charge in [0, 0.05) is 18.1 Å². The van der Waals surface area contributed by atoms with E-state index in [2.05, 4.69) is 17.6 Å². The maximum absolute atomic E-state index is 11.4. The summed E-state index contributed by atoms with van der Waals surface area (Å²) in [5.41, 5.74) is 0. The van der Waals surface area contributed by atoms with Gasteiger partial charge in [-0.25, -0.2) is 0 Å². The van der Waals surface area contributed by atoms with Gasteiger partial charge >= 0.3 is 0 Å². The first kappa shape index (κ1) is 14.8. The van der Waals surface area contributed by atoms with Crippen molar-refractivity contribution >= 4 is 17.5 Å². The second-order valence-corrected chi connectivity index (χ2v) is 4.28. The van der Waals surface area contributed by atoms with Crippen LogP contribution in [0.1, 0.15) is 13.3 Å². The van der Waals surface area contributed by atoms with Crippen molar-refractivity contribution in [2.45, 2.75) is 13.3 Å². The molecule has 4 nitrogen and oxygen atoms in total. The average Bonchev–Trinajstić information content (AvgIpc) is 2.36. The highest BCUT2D eigenvalue weighted by molar-refractivity contribution is 6.30. The Morgan fingerprint density at radius 1 is 1.33 bits per heavy atom. The van der Waals surface area contributed by atoms with Gasteiger partial charge in [-0.2, -0.15) is 0 Å². The second kappa shape index (κ2) is 8.78. The number of hydrogen-bond donors (Lipinski definition) is 2. The van der Waals surface area contributed by atoms with Gasteiger partial charge in [0.05, 0.1) is 0 Å². The lowest BCUT2D eigenvalue weighted by atomic mass is 10.3. The van der Waals surface area contributed by atoms with Gasteiger partial charge in [-0.15, -0.1) is 0 Å². The third kappa shape index (κ3) is 6.47. The van der Waals surface area contributed by atoms with Crippen LogP contribution in [-0.4, -0.2) is 32.1 Å². The van der Waals surface area contributed by atoms with Crippen molar-refractivity contribution < 1.29 is 9.53 Å². The van der Waals surface area contributed by atoms with Gasteiger partial charge in [0.15, 0.2) is 6.61 Å². The molecular weight excluding hydrogens is 252 g/mol. The van der Waals surface area contributed by atoms with Crippen molar-refractivity contribution in [3.8, 4) is 5.75 Å². The Labute approximate surface area is 113 Å². The number of nitrogens with one attached hydrogen (secondary N) is 2. The third-order valence-corrected chi connectivity index (χ3v) is 2.45. The zero-order valence-electron chi connectivity index (χ0n) is 10.5. The van der Waals surface area contributed by atoms with E-state index in [1.807, 2.05) is 0 Å².